The van der Waals surface area contributed by atoms with E-state index in [-0.39, 0.29) is 0 Å². The molecule has 0 aromatic heterocycles. The largest absolute Gasteiger partial charge is 0.309 e. The summed E-state index contributed by atoms with van der Waals surface area (Å²) in [4.78, 5) is 2.32. The van der Waals surface area contributed by atoms with E-state index in [0.717, 1.165) is 0 Å². The minimum Gasteiger partial charge on any atom is -0.309 e. The standard InChI is InChI=1S/C21H31N/c1-16-8-6-11-20-18(16)14-13-17-9-4-5-10-19(17)21(20)12-7-15-22(2)3/h6,8,11,21H,4-5,7,9-10,12-15H2,1-3H3. The predicted molar refractivity (Wildman–Crippen MR) is 95.5 cm³/mol. The zero-order chi connectivity index (χ0) is 15.5. The van der Waals surface area contributed by atoms with Gasteiger partial charge in [-0.25, -0.2) is 0 Å². The maximum atomic E-state index is 2.42. The Hall–Kier alpha value is -1.08. The lowest BCUT2D eigenvalue weighted by Crippen LogP contribution is -2.15. The van der Waals surface area contributed by atoms with E-state index in [1.165, 1.54) is 63.5 Å². The SMILES string of the molecule is Cc1cccc2c1CCC1=C(CCCC1)C2CCCN(C)C. The molecule has 1 nitrogen and oxygen atoms in total. The zero-order valence-corrected chi connectivity index (χ0v) is 14.6. The van der Waals surface area contributed by atoms with Crippen LogP contribution in [0.5, 0.6) is 0 Å². The number of nitrogens with zero attached hydrogens (tertiary/aromatic N) is 1. The zero-order valence-electron chi connectivity index (χ0n) is 14.6. The summed E-state index contributed by atoms with van der Waals surface area (Å²) in [6, 6.07) is 7.01. The molecule has 0 heterocycles. The Labute approximate surface area is 136 Å². The Kier molecular flexibility index (Phi) is 5.03. The fourth-order valence-corrected chi connectivity index (χ4v) is 4.50. The average Bonchev–Trinajstić information content (AvgIpc) is 2.66. The summed E-state index contributed by atoms with van der Waals surface area (Å²) in [5.74, 6) is 0.702. The summed E-state index contributed by atoms with van der Waals surface area (Å²) in [5, 5.41) is 0. The van der Waals surface area contributed by atoms with Crippen molar-refractivity contribution in [2.75, 3.05) is 20.6 Å². The fourth-order valence-electron chi connectivity index (χ4n) is 4.50. The summed E-state index contributed by atoms with van der Waals surface area (Å²) >= 11 is 0. The van der Waals surface area contributed by atoms with Crippen LogP contribution >= 0.6 is 0 Å². The summed E-state index contributed by atoms with van der Waals surface area (Å²) in [6.45, 7) is 3.51. The van der Waals surface area contributed by atoms with Crippen molar-refractivity contribution in [3.8, 4) is 0 Å². The van der Waals surface area contributed by atoms with Gasteiger partial charge in [0, 0.05) is 5.92 Å². The number of allylic oxidation sites excluding steroid dienone is 2. The minimum absolute atomic E-state index is 0.702. The first-order chi connectivity index (χ1) is 10.7. The molecule has 0 fully saturated rings. The van der Waals surface area contributed by atoms with Crippen LogP contribution in [-0.2, 0) is 6.42 Å². The van der Waals surface area contributed by atoms with Crippen LogP contribution in [0.15, 0.2) is 29.3 Å². The van der Waals surface area contributed by atoms with Crippen LogP contribution < -0.4 is 0 Å². The Balaban J connectivity index is 1.93. The number of rotatable bonds is 4. The second kappa shape index (κ2) is 7.00. The second-order valence-corrected chi connectivity index (χ2v) is 7.48. The molecule has 1 atom stereocenters. The minimum atomic E-state index is 0.702. The molecule has 0 radical (unpaired) electrons. The first-order valence-electron chi connectivity index (χ1n) is 9.10. The smallest absolute Gasteiger partial charge is 0.00541 e. The summed E-state index contributed by atoms with van der Waals surface area (Å²) in [5.41, 5.74) is 8.47. The first kappa shape index (κ1) is 15.8. The predicted octanol–water partition coefficient (Wildman–Crippen LogP) is 5.24. The van der Waals surface area contributed by atoms with E-state index in [1.54, 1.807) is 11.1 Å². The van der Waals surface area contributed by atoms with E-state index in [0.29, 0.717) is 5.92 Å². The van der Waals surface area contributed by atoms with E-state index in [4.69, 9.17) is 0 Å². The molecule has 0 bridgehead atoms. The maximum Gasteiger partial charge on any atom is 0.00541 e. The molecule has 2 aliphatic carbocycles. The summed E-state index contributed by atoms with van der Waals surface area (Å²) in [6.07, 6.45) is 10.8. The van der Waals surface area contributed by atoms with Crippen LogP contribution in [-0.4, -0.2) is 25.5 Å². The third kappa shape index (κ3) is 3.30. The van der Waals surface area contributed by atoms with Gasteiger partial charge in [-0.05, 0) is 95.6 Å². The average molecular weight is 297 g/mol. The Bertz CT molecular complexity index is 553. The van der Waals surface area contributed by atoms with Crippen molar-refractivity contribution >= 4 is 0 Å². The molecule has 0 N–H and O–H groups in total. The highest BCUT2D eigenvalue weighted by Gasteiger charge is 2.27. The number of aryl methyl sites for hydroxylation is 1. The van der Waals surface area contributed by atoms with E-state index in [9.17, 15) is 0 Å². The van der Waals surface area contributed by atoms with Crippen LogP contribution in [0.25, 0.3) is 0 Å². The van der Waals surface area contributed by atoms with Crippen molar-refractivity contribution in [2.24, 2.45) is 0 Å². The van der Waals surface area contributed by atoms with Crippen molar-refractivity contribution in [1.29, 1.82) is 0 Å². The molecule has 22 heavy (non-hydrogen) atoms. The molecule has 1 heteroatoms. The van der Waals surface area contributed by atoms with Gasteiger partial charge in [0.25, 0.3) is 0 Å². The molecule has 0 saturated heterocycles. The first-order valence-corrected chi connectivity index (χ1v) is 9.10. The fraction of sp³-hybridized carbons (Fsp3) is 0.619. The highest BCUT2D eigenvalue weighted by Crippen LogP contribution is 2.44. The molecule has 0 amide bonds. The van der Waals surface area contributed by atoms with Gasteiger partial charge in [-0.1, -0.05) is 29.3 Å². The Morgan fingerprint density at radius 2 is 1.86 bits per heavy atom. The van der Waals surface area contributed by atoms with Crippen LogP contribution in [0.2, 0.25) is 0 Å². The third-order valence-electron chi connectivity index (χ3n) is 5.65. The van der Waals surface area contributed by atoms with Gasteiger partial charge in [-0.15, -0.1) is 0 Å². The molecule has 0 aliphatic heterocycles. The van der Waals surface area contributed by atoms with Crippen LogP contribution in [0.3, 0.4) is 0 Å². The van der Waals surface area contributed by atoms with Crippen molar-refractivity contribution in [3.63, 3.8) is 0 Å². The van der Waals surface area contributed by atoms with Crippen molar-refractivity contribution in [2.45, 2.75) is 64.2 Å². The lowest BCUT2D eigenvalue weighted by atomic mass is 9.78. The lowest BCUT2D eigenvalue weighted by molar-refractivity contribution is 0.387. The molecule has 0 spiro atoms. The van der Waals surface area contributed by atoms with E-state index >= 15 is 0 Å². The summed E-state index contributed by atoms with van der Waals surface area (Å²) in [7, 11) is 4.38. The molecule has 3 rings (SSSR count). The molecule has 1 unspecified atom stereocenters. The monoisotopic (exact) mass is 297 g/mol. The Morgan fingerprint density at radius 1 is 1.05 bits per heavy atom. The molecular formula is C21H31N. The van der Waals surface area contributed by atoms with Gasteiger partial charge in [0.1, 0.15) is 0 Å². The van der Waals surface area contributed by atoms with Crippen LogP contribution in [0.4, 0.5) is 0 Å². The van der Waals surface area contributed by atoms with E-state index in [1.807, 2.05) is 11.1 Å². The summed E-state index contributed by atoms with van der Waals surface area (Å²) < 4.78 is 0. The van der Waals surface area contributed by atoms with Crippen LogP contribution in [0, 0.1) is 6.92 Å². The Morgan fingerprint density at radius 3 is 2.68 bits per heavy atom. The van der Waals surface area contributed by atoms with Gasteiger partial charge in [0.05, 0.1) is 0 Å². The van der Waals surface area contributed by atoms with Gasteiger partial charge in [0.15, 0.2) is 0 Å². The highest BCUT2D eigenvalue weighted by atomic mass is 15.0. The molecule has 1 aromatic carbocycles. The third-order valence-corrected chi connectivity index (χ3v) is 5.65. The topological polar surface area (TPSA) is 3.24 Å². The number of hydrogen-bond donors (Lipinski definition) is 0. The number of fused-ring (bicyclic) bond motifs is 1. The molecule has 2 aliphatic rings. The van der Waals surface area contributed by atoms with Crippen molar-refractivity contribution in [1.82, 2.24) is 4.90 Å². The van der Waals surface area contributed by atoms with Gasteiger partial charge in [0.2, 0.25) is 0 Å². The number of hydrogen-bond acceptors (Lipinski definition) is 1. The van der Waals surface area contributed by atoms with Crippen molar-refractivity contribution < 1.29 is 0 Å². The van der Waals surface area contributed by atoms with Gasteiger partial charge in [-0.3, -0.25) is 0 Å². The lowest BCUT2D eigenvalue weighted by Gasteiger charge is -2.27. The van der Waals surface area contributed by atoms with Gasteiger partial charge >= 0.3 is 0 Å². The second-order valence-electron chi connectivity index (χ2n) is 7.48. The van der Waals surface area contributed by atoms with Crippen molar-refractivity contribution in [3.05, 3.63) is 46.0 Å². The van der Waals surface area contributed by atoms with E-state index in [2.05, 4.69) is 44.1 Å². The maximum absolute atomic E-state index is 2.42. The molecule has 1 aromatic rings. The number of benzene rings is 1. The van der Waals surface area contributed by atoms with E-state index < -0.39 is 0 Å². The van der Waals surface area contributed by atoms with Crippen LogP contribution in [0.1, 0.15) is 67.6 Å². The molecular weight excluding hydrogens is 266 g/mol. The quantitative estimate of drug-likeness (QED) is 0.687. The van der Waals surface area contributed by atoms with Gasteiger partial charge in [-0.2, -0.15) is 0 Å². The molecule has 0 saturated carbocycles. The molecule has 120 valence electrons. The van der Waals surface area contributed by atoms with Gasteiger partial charge < -0.3 is 4.90 Å². The normalized spacial score (nSPS) is 21.5. The highest BCUT2D eigenvalue weighted by molar-refractivity contribution is 5.45.